The van der Waals surface area contributed by atoms with Crippen molar-refractivity contribution >= 4 is 31.7 Å². The van der Waals surface area contributed by atoms with E-state index in [1.807, 2.05) is 30.7 Å². The SMILES string of the molecule is C[n+]1c(CO)sc2ccccc21.Cc1ccc(S(=O)(=O)O)cc1. The number of aromatic nitrogens is 1. The summed E-state index contributed by atoms with van der Waals surface area (Å²) in [5.74, 6) is 0. The average Bonchev–Trinajstić information content (AvgIpc) is 2.84. The maximum Gasteiger partial charge on any atom is 0.294 e. The van der Waals surface area contributed by atoms with Gasteiger partial charge in [0.15, 0.2) is 0 Å². The summed E-state index contributed by atoms with van der Waals surface area (Å²) in [6.45, 7) is 1.96. The van der Waals surface area contributed by atoms with Gasteiger partial charge in [0.25, 0.3) is 15.1 Å². The number of fused-ring (bicyclic) bond motifs is 1. The summed E-state index contributed by atoms with van der Waals surface area (Å²) in [5.41, 5.74) is 2.14. The van der Waals surface area contributed by atoms with E-state index in [0.29, 0.717) is 0 Å². The molecule has 3 aromatic rings. The Morgan fingerprint density at radius 3 is 2.22 bits per heavy atom. The van der Waals surface area contributed by atoms with Gasteiger partial charge in [-0.3, -0.25) is 4.55 Å². The van der Waals surface area contributed by atoms with Gasteiger partial charge in [-0.1, -0.05) is 41.2 Å². The Balaban J connectivity index is 0.000000168. The summed E-state index contributed by atoms with van der Waals surface area (Å²) in [4.78, 5) is -0.0666. The van der Waals surface area contributed by atoms with Crippen molar-refractivity contribution < 1.29 is 22.6 Å². The highest BCUT2D eigenvalue weighted by molar-refractivity contribution is 7.85. The van der Waals surface area contributed by atoms with E-state index in [1.165, 1.54) is 22.3 Å². The van der Waals surface area contributed by atoms with Crippen molar-refractivity contribution in [2.24, 2.45) is 7.05 Å². The minimum absolute atomic E-state index is 0.0666. The second-order valence-electron chi connectivity index (χ2n) is 4.97. The zero-order valence-corrected chi connectivity index (χ0v) is 14.4. The molecule has 0 unspecified atom stereocenters. The quantitative estimate of drug-likeness (QED) is 0.548. The van der Waals surface area contributed by atoms with Crippen LogP contribution >= 0.6 is 11.3 Å². The first-order valence-corrected chi connectivity index (χ1v) is 9.10. The lowest BCUT2D eigenvalue weighted by Gasteiger charge is -1.95. The van der Waals surface area contributed by atoms with Crippen LogP contribution in [0, 0.1) is 6.92 Å². The molecule has 23 heavy (non-hydrogen) atoms. The predicted molar refractivity (Wildman–Crippen MR) is 89.9 cm³/mol. The molecule has 0 aliphatic carbocycles. The van der Waals surface area contributed by atoms with Crippen molar-refractivity contribution in [3.8, 4) is 0 Å². The van der Waals surface area contributed by atoms with E-state index in [2.05, 4.69) is 12.1 Å². The maximum absolute atomic E-state index is 10.5. The van der Waals surface area contributed by atoms with Crippen LogP contribution in [0.5, 0.6) is 0 Å². The van der Waals surface area contributed by atoms with Crippen molar-refractivity contribution in [3.63, 3.8) is 0 Å². The van der Waals surface area contributed by atoms with E-state index in [4.69, 9.17) is 9.66 Å². The van der Waals surface area contributed by atoms with Gasteiger partial charge >= 0.3 is 0 Å². The molecule has 0 amide bonds. The smallest absolute Gasteiger partial charge is 0.294 e. The lowest BCUT2D eigenvalue weighted by atomic mass is 10.2. The molecule has 0 spiro atoms. The number of hydrogen-bond donors (Lipinski definition) is 2. The van der Waals surface area contributed by atoms with Crippen LogP contribution in [0.3, 0.4) is 0 Å². The first-order valence-electron chi connectivity index (χ1n) is 6.84. The highest BCUT2D eigenvalue weighted by atomic mass is 32.2. The molecular formula is C16H18NO4S2+. The maximum atomic E-state index is 10.5. The Hall–Kier alpha value is -1.80. The second-order valence-corrected chi connectivity index (χ2v) is 7.51. The number of benzene rings is 2. The van der Waals surface area contributed by atoms with Gasteiger partial charge in [0, 0.05) is 6.07 Å². The predicted octanol–water partition coefficient (Wildman–Crippen LogP) is 2.46. The Morgan fingerprint density at radius 1 is 1.09 bits per heavy atom. The van der Waals surface area contributed by atoms with Crippen LogP contribution < -0.4 is 4.57 Å². The first kappa shape index (κ1) is 17.6. The van der Waals surface area contributed by atoms with E-state index < -0.39 is 10.1 Å². The number of aliphatic hydroxyl groups is 1. The fraction of sp³-hybridized carbons (Fsp3) is 0.188. The van der Waals surface area contributed by atoms with Crippen molar-refractivity contribution in [1.82, 2.24) is 0 Å². The topological polar surface area (TPSA) is 78.5 Å². The molecule has 122 valence electrons. The fourth-order valence-corrected chi connectivity index (χ4v) is 3.49. The Labute approximate surface area is 139 Å². The van der Waals surface area contributed by atoms with E-state index in [9.17, 15) is 8.42 Å². The van der Waals surface area contributed by atoms with Gasteiger partial charge in [-0.25, -0.2) is 0 Å². The molecule has 2 N–H and O–H groups in total. The van der Waals surface area contributed by atoms with Crippen molar-refractivity contribution in [2.75, 3.05) is 0 Å². The zero-order valence-electron chi connectivity index (χ0n) is 12.8. The van der Waals surface area contributed by atoms with Crippen LogP contribution in [0.2, 0.25) is 0 Å². The monoisotopic (exact) mass is 352 g/mol. The summed E-state index contributed by atoms with van der Waals surface area (Å²) in [5, 5.41) is 10.0. The Morgan fingerprint density at radius 2 is 1.70 bits per heavy atom. The number of para-hydroxylation sites is 1. The highest BCUT2D eigenvalue weighted by Crippen LogP contribution is 2.18. The van der Waals surface area contributed by atoms with E-state index in [-0.39, 0.29) is 11.5 Å². The lowest BCUT2D eigenvalue weighted by molar-refractivity contribution is -0.650. The lowest BCUT2D eigenvalue weighted by Crippen LogP contribution is -2.30. The van der Waals surface area contributed by atoms with Crippen LogP contribution in [-0.2, 0) is 23.8 Å². The molecule has 0 saturated heterocycles. The van der Waals surface area contributed by atoms with Gasteiger partial charge < -0.3 is 5.11 Å². The summed E-state index contributed by atoms with van der Waals surface area (Å²) in [6, 6.07) is 14.1. The average molecular weight is 352 g/mol. The van der Waals surface area contributed by atoms with Gasteiger partial charge in [0.1, 0.15) is 18.4 Å². The third-order valence-corrected chi connectivity index (χ3v) is 5.35. The molecule has 0 aliphatic rings. The van der Waals surface area contributed by atoms with Crippen LogP contribution in [0.15, 0.2) is 53.4 Å². The third-order valence-electron chi connectivity index (χ3n) is 3.28. The first-order chi connectivity index (χ1) is 10.8. The normalized spacial score (nSPS) is 11.1. The molecular weight excluding hydrogens is 334 g/mol. The Kier molecular flexibility index (Phi) is 5.48. The minimum atomic E-state index is -4.02. The molecule has 0 radical (unpaired) electrons. The standard InChI is InChI=1S/C9H10NOS.C7H8O3S/c1-10-7-4-2-3-5-8(7)12-9(10)6-11;1-6-2-4-7(5-3-6)11(8,9)10/h2-5,11H,6H2,1H3;2-5H,1H3,(H,8,9,10)/q+1;. The molecule has 0 aliphatic heterocycles. The van der Waals surface area contributed by atoms with Gasteiger partial charge in [0.2, 0.25) is 5.52 Å². The van der Waals surface area contributed by atoms with Crippen molar-refractivity contribution in [3.05, 3.63) is 59.1 Å². The number of aliphatic hydroxyl groups excluding tert-OH is 1. The molecule has 3 rings (SSSR count). The van der Waals surface area contributed by atoms with Crippen molar-refractivity contribution in [2.45, 2.75) is 18.4 Å². The summed E-state index contributed by atoms with van der Waals surface area (Å²) >= 11 is 1.64. The van der Waals surface area contributed by atoms with Crippen LogP contribution in [0.25, 0.3) is 10.2 Å². The van der Waals surface area contributed by atoms with E-state index in [1.54, 1.807) is 23.5 Å². The molecule has 0 atom stereocenters. The van der Waals surface area contributed by atoms with Gasteiger partial charge in [-0.05, 0) is 25.1 Å². The molecule has 0 bridgehead atoms. The molecule has 7 heteroatoms. The molecule has 2 aromatic carbocycles. The molecule has 1 heterocycles. The fourth-order valence-electron chi connectivity index (χ4n) is 2.00. The van der Waals surface area contributed by atoms with Crippen molar-refractivity contribution in [1.29, 1.82) is 0 Å². The number of hydrogen-bond acceptors (Lipinski definition) is 4. The number of nitrogens with zero attached hydrogens (tertiary/aromatic N) is 1. The number of thiazole rings is 1. The molecule has 1 aromatic heterocycles. The molecule has 0 fully saturated rings. The Bertz CT molecular complexity index is 899. The molecule has 5 nitrogen and oxygen atoms in total. The highest BCUT2D eigenvalue weighted by Gasteiger charge is 2.14. The van der Waals surface area contributed by atoms with Crippen LogP contribution in [0.1, 0.15) is 10.6 Å². The van der Waals surface area contributed by atoms with Crippen LogP contribution in [-0.4, -0.2) is 18.1 Å². The summed E-state index contributed by atoms with van der Waals surface area (Å²) < 4.78 is 32.8. The second kappa shape index (κ2) is 7.18. The third kappa shape index (κ3) is 4.35. The molecule has 0 saturated carbocycles. The van der Waals surface area contributed by atoms with E-state index in [0.717, 1.165) is 10.6 Å². The minimum Gasteiger partial charge on any atom is -0.384 e. The van der Waals surface area contributed by atoms with Gasteiger partial charge in [-0.15, -0.1) is 0 Å². The number of rotatable bonds is 2. The number of aryl methyl sites for hydroxylation is 2. The van der Waals surface area contributed by atoms with Crippen LogP contribution in [0.4, 0.5) is 0 Å². The summed E-state index contributed by atoms with van der Waals surface area (Å²) in [7, 11) is -2.04. The van der Waals surface area contributed by atoms with E-state index >= 15 is 0 Å². The van der Waals surface area contributed by atoms with Gasteiger partial charge in [0.05, 0.1) is 4.90 Å². The largest absolute Gasteiger partial charge is 0.384 e. The summed E-state index contributed by atoms with van der Waals surface area (Å²) in [6.07, 6.45) is 0. The van der Waals surface area contributed by atoms with Gasteiger partial charge in [-0.2, -0.15) is 13.0 Å². The zero-order chi connectivity index (χ0) is 17.0.